The molecule has 2 fully saturated rings. The van der Waals surface area contributed by atoms with Gasteiger partial charge in [0.2, 0.25) is 0 Å². The van der Waals surface area contributed by atoms with Gasteiger partial charge in [0.1, 0.15) is 29.3 Å². The third-order valence-electron chi connectivity index (χ3n) is 6.50. The molecule has 0 radical (unpaired) electrons. The molecule has 3 heterocycles. The number of carbonyl (C=O) groups is 2. The van der Waals surface area contributed by atoms with Crippen LogP contribution in [0.4, 0.5) is 5.82 Å². The number of aryl methyl sites for hydroxylation is 1. The number of nitriles is 1. The van der Waals surface area contributed by atoms with Gasteiger partial charge in [0, 0.05) is 49.8 Å². The van der Waals surface area contributed by atoms with E-state index in [1.54, 1.807) is 49.2 Å². The van der Waals surface area contributed by atoms with E-state index in [0.29, 0.717) is 29.3 Å². The van der Waals surface area contributed by atoms with Gasteiger partial charge in [-0.3, -0.25) is 14.3 Å². The van der Waals surface area contributed by atoms with Gasteiger partial charge in [0.25, 0.3) is 11.8 Å². The minimum Gasteiger partial charge on any atom is -0.456 e. The largest absolute Gasteiger partial charge is 0.456 e. The summed E-state index contributed by atoms with van der Waals surface area (Å²) in [5, 5.41) is 15.9. The van der Waals surface area contributed by atoms with Gasteiger partial charge in [-0.2, -0.15) is 10.4 Å². The summed E-state index contributed by atoms with van der Waals surface area (Å²) in [7, 11) is 3.33. The number of nitrogens with one attached hydrogen (secondary N) is 1. The predicted octanol–water partition coefficient (Wildman–Crippen LogP) is 2.58. The molecule has 2 aromatic rings. The van der Waals surface area contributed by atoms with Crippen molar-refractivity contribution in [3.8, 4) is 11.8 Å². The van der Waals surface area contributed by atoms with Gasteiger partial charge in [0.05, 0.1) is 17.9 Å². The number of anilines is 1. The lowest BCUT2D eigenvalue weighted by atomic mass is 9.90. The normalized spacial score (nSPS) is 23.5. The SMILES string of the molecule is CN(CC#N)C(=O)c1ccc(OC2=C3CC(C)(C)OC34CC4C(C(=O)Nc3ccn(C)n3)=C2)cn1. The Bertz CT molecular complexity index is 1320. The van der Waals surface area contributed by atoms with Crippen molar-refractivity contribution < 1.29 is 19.1 Å². The molecule has 2 unspecified atom stereocenters. The van der Waals surface area contributed by atoms with Crippen LogP contribution >= 0.6 is 0 Å². The van der Waals surface area contributed by atoms with Crippen molar-refractivity contribution in [3.63, 3.8) is 0 Å². The summed E-state index contributed by atoms with van der Waals surface area (Å²) in [6.07, 6.45) is 6.42. The molecule has 3 aliphatic rings. The van der Waals surface area contributed by atoms with Crippen LogP contribution in [0.3, 0.4) is 0 Å². The van der Waals surface area contributed by atoms with Gasteiger partial charge < -0.3 is 19.7 Å². The van der Waals surface area contributed by atoms with Gasteiger partial charge in [-0.25, -0.2) is 4.98 Å². The molecule has 10 nitrogen and oxygen atoms in total. The highest BCUT2D eigenvalue weighted by Gasteiger charge is 2.68. The van der Waals surface area contributed by atoms with Crippen molar-refractivity contribution in [1.82, 2.24) is 19.7 Å². The summed E-state index contributed by atoms with van der Waals surface area (Å²) in [6.45, 7) is 4.04. The minimum atomic E-state index is -0.534. The molecule has 0 aromatic carbocycles. The molecular formula is C25H26N6O4. The maximum atomic E-state index is 13.2. The summed E-state index contributed by atoms with van der Waals surface area (Å²) in [5.74, 6) is 0.855. The molecule has 1 aliphatic heterocycles. The monoisotopic (exact) mass is 474 g/mol. The zero-order chi connectivity index (χ0) is 25.0. The second-order valence-electron chi connectivity index (χ2n) is 9.76. The lowest BCUT2D eigenvalue weighted by Crippen LogP contribution is -2.28. The van der Waals surface area contributed by atoms with Crippen LogP contribution in [0.5, 0.6) is 5.75 Å². The standard InChI is InChI=1S/C25H26N6O4/c1-24(2)12-18-20(34-15-5-6-19(27-14-15)23(33)30(3)10-8-26)11-16(17-13-25(17,18)35-24)22(32)28-21-7-9-31(4)29-21/h5-7,9,11,14,17H,10,12-13H2,1-4H3,(H,28,29,32). The Labute approximate surface area is 202 Å². The van der Waals surface area contributed by atoms with Crippen LogP contribution in [0.2, 0.25) is 0 Å². The smallest absolute Gasteiger partial charge is 0.273 e. The van der Waals surface area contributed by atoms with E-state index in [9.17, 15) is 9.59 Å². The molecule has 5 rings (SSSR count). The lowest BCUT2D eigenvalue weighted by Gasteiger charge is -2.23. The van der Waals surface area contributed by atoms with Crippen LogP contribution in [0.15, 0.2) is 53.6 Å². The first-order chi connectivity index (χ1) is 16.6. The lowest BCUT2D eigenvalue weighted by molar-refractivity contribution is -0.113. The third kappa shape index (κ3) is 4.08. The Morgan fingerprint density at radius 1 is 1.37 bits per heavy atom. The quantitative estimate of drug-likeness (QED) is 0.639. The average molecular weight is 475 g/mol. The number of amides is 2. The molecule has 2 aromatic heterocycles. The number of nitrogens with zero attached hydrogens (tertiary/aromatic N) is 5. The fourth-order valence-electron chi connectivity index (χ4n) is 4.90. The maximum Gasteiger partial charge on any atom is 0.273 e. The molecule has 1 N–H and O–H groups in total. The second-order valence-corrected chi connectivity index (χ2v) is 9.76. The Morgan fingerprint density at radius 3 is 2.83 bits per heavy atom. The number of allylic oxidation sites excluding steroid dienone is 1. The molecule has 1 saturated heterocycles. The number of pyridine rings is 1. The van der Waals surface area contributed by atoms with Crippen molar-refractivity contribution in [3.05, 3.63) is 59.3 Å². The average Bonchev–Trinajstić information content (AvgIpc) is 3.25. The molecule has 0 bridgehead atoms. The summed E-state index contributed by atoms with van der Waals surface area (Å²) < 4.78 is 14.3. The minimum absolute atomic E-state index is 0.0256. The molecule has 35 heavy (non-hydrogen) atoms. The first-order valence-electron chi connectivity index (χ1n) is 11.3. The molecule has 1 saturated carbocycles. The first kappa shape index (κ1) is 22.8. The number of aromatic nitrogens is 3. The van der Waals surface area contributed by atoms with E-state index in [0.717, 1.165) is 12.0 Å². The van der Waals surface area contributed by atoms with E-state index in [2.05, 4.69) is 15.4 Å². The highest BCUT2D eigenvalue weighted by atomic mass is 16.5. The van der Waals surface area contributed by atoms with Crippen LogP contribution in [-0.4, -0.2) is 56.3 Å². The van der Waals surface area contributed by atoms with Crippen molar-refractivity contribution in [2.24, 2.45) is 13.0 Å². The van der Waals surface area contributed by atoms with Gasteiger partial charge in [-0.1, -0.05) is 0 Å². The number of hydrogen-bond donors (Lipinski definition) is 1. The fourth-order valence-corrected chi connectivity index (χ4v) is 4.90. The summed E-state index contributed by atoms with van der Waals surface area (Å²) in [6, 6.07) is 6.89. The van der Waals surface area contributed by atoms with Crippen molar-refractivity contribution >= 4 is 17.6 Å². The molecule has 2 aliphatic carbocycles. The molecule has 2 atom stereocenters. The zero-order valence-electron chi connectivity index (χ0n) is 20.0. The number of ether oxygens (including phenoxy) is 2. The van der Waals surface area contributed by atoms with E-state index in [4.69, 9.17) is 14.7 Å². The van der Waals surface area contributed by atoms with Gasteiger partial charge in [-0.15, -0.1) is 0 Å². The van der Waals surface area contributed by atoms with Crippen LogP contribution < -0.4 is 10.1 Å². The van der Waals surface area contributed by atoms with E-state index >= 15 is 0 Å². The number of hydrogen-bond acceptors (Lipinski definition) is 7. The third-order valence-corrected chi connectivity index (χ3v) is 6.50. The molecular weight excluding hydrogens is 448 g/mol. The van der Waals surface area contributed by atoms with Gasteiger partial charge in [0.15, 0.2) is 5.82 Å². The topological polar surface area (TPSA) is 122 Å². The Kier molecular flexibility index (Phi) is 5.25. The number of carbonyl (C=O) groups excluding carboxylic acids is 2. The van der Waals surface area contributed by atoms with Crippen LogP contribution in [-0.2, 0) is 16.6 Å². The van der Waals surface area contributed by atoms with Crippen molar-refractivity contribution in [1.29, 1.82) is 5.26 Å². The Morgan fingerprint density at radius 2 is 2.17 bits per heavy atom. The molecule has 180 valence electrons. The van der Waals surface area contributed by atoms with E-state index in [-0.39, 0.29) is 35.6 Å². The van der Waals surface area contributed by atoms with E-state index < -0.39 is 5.60 Å². The van der Waals surface area contributed by atoms with E-state index in [1.807, 2.05) is 19.9 Å². The first-order valence-corrected chi connectivity index (χ1v) is 11.3. The van der Waals surface area contributed by atoms with Gasteiger partial charge >= 0.3 is 0 Å². The fraction of sp³-hybridized carbons (Fsp3) is 0.400. The second kappa shape index (κ2) is 8.06. The predicted molar refractivity (Wildman–Crippen MR) is 125 cm³/mol. The zero-order valence-corrected chi connectivity index (χ0v) is 20.0. The van der Waals surface area contributed by atoms with Crippen LogP contribution in [0.1, 0.15) is 37.2 Å². The van der Waals surface area contributed by atoms with Crippen molar-refractivity contribution in [2.45, 2.75) is 37.9 Å². The van der Waals surface area contributed by atoms with Crippen LogP contribution in [0, 0.1) is 17.2 Å². The number of rotatable bonds is 6. The molecule has 1 spiro atoms. The van der Waals surface area contributed by atoms with Crippen LogP contribution in [0.25, 0.3) is 0 Å². The summed E-state index contributed by atoms with van der Waals surface area (Å²) >= 11 is 0. The molecule has 10 heteroatoms. The summed E-state index contributed by atoms with van der Waals surface area (Å²) in [5.41, 5.74) is 0.930. The maximum absolute atomic E-state index is 13.2. The highest BCUT2D eigenvalue weighted by Crippen LogP contribution is 2.66. The Balaban J connectivity index is 1.42. The van der Waals surface area contributed by atoms with Gasteiger partial charge in [-0.05, 0) is 38.5 Å². The Hall–Kier alpha value is -3.97. The molecule has 2 amide bonds. The highest BCUT2D eigenvalue weighted by molar-refractivity contribution is 6.05. The van der Waals surface area contributed by atoms with Crippen molar-refractivity contribution in [2.75, 3.05) is 18.9 Å². The summed E-state index contributed by atoms with van der Waals surface area (Å²) in [4.78, 5) is 31.0. The van der Waals surface area contributed by atoms with E-state index in [1.165, 1.54) is 11.1 Å².